The summed E-state index contributed by atoms with van der Waals surface area (Å²) >= 11 is 0. The van der Waals surface area contributed by atoms with Crippen LogP contribution in [-0.4, -0.2) is 20.2 Å². The molecule has 0 spiro atoms. The summed E-state index contributed by atoms with van der Waals surface area (Å²) in [7, 11) is 1.75. The van der Waals surface area contributed by atoms with Crippen LogP contribution in [0.15, 0.2) is 28.9 Å². The molecule has 3 aromatic rings. The van der Waals surface area contributed by atoms with E-state index in [1.54, 1.807) is 13.3 Å². The number of aryl methyl sites for hydroxylation is 2. The molecule has 5 heteroatoms. The van der Waals surface area contributed by atoms with Crippen molar-refractivity contribution in [3.8, 4) is 11.4 Å². The second-order valence-electron chi connectivity index (χ2n) is 3.73. The lowest BCUT2D eigenvalue weighted by atomic mass is 10.1. The summed E-state index contributed by atoms with van der Waals surface area (Å²) in [5, 5.41) is 13.0. The van der Waals surface area contributed by atoms with Crippen molar-refractivity contribution in [1.29, 1.82) is 0 Å². The van der Waals surface area contributed by atoms with Crippen molar-refractivity contribution in [3.63, 3.8) is 0 Å². The van der Waals surface area contributed by atoms with Crippen LogP contribution in [0.1, 0.15) is 5.56 Å². The quantitative estimate of drug-likeness (QED) is 0.621. The van der Waals surface area contributed by atoms with Gasteiger partial charge in [0.2, 0.25) is 5.82 Å². The Kier molecular flexibility index (Phi) is 1.80. The molecule has 0 saturated carbocycles. The third-order valence-corrected chi connectivity index (χ3v) is 2.53. The van der Waals surface area contributed by atoms with Crippen LogP contribution in [0.3, 0.4) is 0 Å². The minimum atomic E-state index is 0.630. The molecule has 0 aliphatic carbocycles. The zero-order valence-corrected chi connectivity index (χ0v) is 9.01. The molecule has 0 amide bonds. The Morgan fingerprint density at radius 3 is 2.94 bits per heavy atom. The highest BCUT2D eigenvalue weighted by Crippen LogP contribution is 2.25. The van der Waals surface area contributed by atoms with E-state index in [2.05, 4.69) is 15.4 Å². The van der Waals surface area contributed by atoms with Crippen LogP contribution in [0, 0.1) is 6.92 Å². The smallest absolute Gasteiger partial charge is 0.204 e. The van der Waals surface area contributed by atoms with Crippen LogP contribution in [0.4, 0.5) is 0 Å². The summed E-state index contributed by atoms with van der Waals surface area (Å²) in [6, 6.07) is 5.88. The zero-order chi connectivity index (χ0) is 11.1. The Hall–Kier alpha value is -2.17. The predicted molar refractivity (Wildman–Crippen MR) is 58.7 cm³/mol. The van der Waals surface area contributed by atoms with Gasteiger partial charge in [-0.3, -0.25) is 0 Å². The summed E-state index contributed by atoms with van der Waals surface area (Å²) in [5.74, 6) is 0.630. The van der Waals surface area contributed by atoms with E-state index in [1.807, 2.05) is 25.1 Å². The van der Waals surface area contributed by atoms with E-state index in [4.69, 9.17) is 4.42 Å². The molecule has 0 saturated heterocycles. The highest BCUT2D eigenvalue weighted by molar-refractivity contribution is 5.84. The number of nitrogens with zero attached hydrogens (tertiary/aromatic N) is 4. The van der Waals surface area contributed by atoms with E-state index in [0.717, 1.165) is 22.1 Å². The Morgan fingerprint density at radius 2 is 2.19 bits per heavy atom. The van der Waals surface area contributed by atoms with Gasteiger partial charge in [0, 0.05) is 10.9 Å². The standard InChI is InChI=1S/C11H10N4O/c1-7-6-16-10-4-3-8(5-9(7)10)11-12-14-15(2)13-11/h3-6H,1-2H3. The van der Waals surface area contributed by atoms with Gasteiger partial charge in [0.05, 0.1) is 13.3 Å². The molecule has 0 N–H and O–H groups in total. The van der Waals surface area contributed by atoms with Gasteiger partial charge in [-0.15, -0.1) is 10.2 Å². The van der Waals surface area contributed by atoms with Gasteiger partial charge in [-0.2, -0.15) is 4.80 Å². The summed E-state index contributed by atoms with van der Waals surface area (Å²) < 4.78 is 5.38. The second kappa shape index (κ2) is 3.16. The topological polar surface area (TPSA) is 56.7 Å². The van der Waals surface area contributed by atoms with E-state index in [1.165, 1.54) is 4.80 Å². The third kappa shape index (κ3) is 1.29. The number of benzene rings is 1. The van der Waals surface area contributed by atoms with Gasteiger partial charge >= 0.3 is 0 Å². The van der Waals surface area contributed by atoms with E-state index in [9.17, 15) is 0 Å². The molecule has 0 atom stereocenters. The summed E-state index contributed by atoms with van der Waals surface area (Å²) in [4.78, 5) is 1.45. The summed E-state index contributed by atoms with van der Waals surface area (Å²) in [6.45, 7) is 2.01. The fraction of sp³-hybridized carbons (Fsp3) is 0.182. The first-order valence-corrected chi connectivity index (χ1v) is 4.96. The average Bonchev–Trinajstić information content (AvgIpc) is 2.86. The molecule has 0 bridgehead atoms. The minimum absolute atomic E-state index is 0.630. The van der Waals surface area contributed by atoms with Gasteiger partial charge in [0.1, 0.15) is 5.58 Å². The first kappa shape index (κ1) is 9.08. The molecule has 2 heterocycles. The van der Waals surface area contributed by atoms with Crippen molar-refractivity contribution < 1.29 is 4.42 Å². The van der Waals surface area contributed by atoms with Crippen LogP contribution in [0.2, 0.25) is 0 Å². The Morgan fingerprint density at radius 1 is 1.31 bits per heavy atom. The van der Waals surface area contributed by atoms with E-state index >= 15 is 0 Å². The molecule has 3 rings (SSSR count). The number of aromatic nitrogens is 4. The molecular weight excluding hydrogens is 204 g/mol. The summed E-state index contributed by atoms with van der Waals surface area (Å²) in [5.41, 5.74) is 2.94. The maximum absolute atomic E-state index is 5.38. The molecule has 0 radical (unpaired) electrons. The van der Waals surface area contributed by atoms with Crippen molar-refractivity contribution in [2.24, 2.45) is 7.05 Å². The van der Waals surface area contributed by atoms with Crippen molar-refractivity contribution >= 4 is 11.0 Å². The number of hydrogen-bond donors (Lipinski definition) is 0. The van der Waals surface area contributed by atoms with Gasteiger partial charge in [-0.05, 0) is 35.9 Å². The molecule has 0 aliphatic rings. The second-order valence-corrected chi connectivity index (χ2v) is 3.73. The van der Waals surface area contributed by atoms with E-state index in [-0.39, 0.29) is 0 Å². The highest BCUT2D eigenvalue weighted by Gasteiger charge is 2.08. The maximum Gasteiger partial charge on any atom is 0.204 e. The fourth-order valence-corrected chi connectivity index (χ4v) is 1.69. The maximum atomic E-state index is 5.38. The SMILES string of the molecule is Cc1coc2ccc(-c3nnn(C)n3)cc12. The predicted octanol–water partition coefficient (Wildman–Crippen LogP) is 1.93. The van der Waals surface area contributed by atoms with Crippen LogP contribution in [-0.2, 0) is 7.05 Å². The van der Waals surface area contributed by atoms with Gasteiger partial charge in [0.15, 0.2) is 0 Å². The van der Waals surface area contributed by atoms with Crippen molar-refractivity contribution in [2.45, 2.75) is 6.92 Å². The first-order chi connectivity index (χ1) is 7.74. The summed E-state index contributed by atoms with van der Waals surface area (Å²) in [6.07, 6.45) is 1.75. The highest BCUT2D eigenvalue weighted by atomic mass is 16.3. The van der Waals surface area contributed by atoms with Crippen LogP contribution in [0.5, 0.6) is 0 Å². The first-order valence-electron chi connectivity index (χ1n) is 4.96. The largest absolute Gasteiger partial charge is 0.464 e. The van der Waals surface area contributed by atoms with Crippen molar-refractivity contribution in [2.75, 3.05) is 0 Å². The van der Waals surface area contributed by atoms with E-state index < -0.39 is 0 Å². The normalized spacial score (nSPS) is 11.1. The lowest BCUT2D eigenvalue weighted by Gasteiger charge is -1.95. The number of fused-ring (bicyclic) bond motifs is 1. The Bertz CT molecular complexity index is 653. The van der Waals surface area contributed by atoms with Gasteiger partial charge < -0.3 is 4.42 Å². The van der Waals surface area contributed by atoms with Gasteiger partial charge in [-0.25, -0.2) is 0 Å². The fourth-order valence-electron chi connectivity index (χ4n) is 1.69. The minimum Gasteiger partial charge on any atom is -0.464 e. The lowest BCUT2D eigenvalue weighted by molar-refractivity contribution is 0.613. The molecule has 16 heavy (non-hydrogen) atoms. The van der Waals surface area contributed by atoms with E-state index in [0.29, 0.717) is 5.82 Å². The Labute approximate surface area is 91.7 Å². The van der Waals surface area contributed by atoms with Gasteiger partial charge in [0.25, 0.3) is 0 Å². The lowest BCUT2D eigenvalue weighted by Crippen LogP contribution is -1.91. The zero-order valence-electron chi connectivity index (χ0n) is 9.01. The van der Waals surface area contributed by atoms with Crippen LogP contribution >= 0.6 is 0 Å². The van der Waals surface area contributed by atoms with Gasteiger partial charge in [-0.1, -0.05) is 0 Å². The number of furan rings is 1. The molecule has 5 nitrogen and oxygen atoms in total. The molecule has 80 valence electrons. The average molecular weight is 214 g/mol. The number of tetrazole rings is 1. The molecular formula is C11H10N4O. The third-order valence-electron chi connectivity index (χ3n) is 2.53. The van der Waals surface area contributed by atoms with Crippen LogP contribution in [0.25, 0.3) is 22.4 Å². The Balaban J connectivity index is 2.21. The monoisotopic (exact) mass is 214 g/mol. The van der Waals surface area contributed by atoms with Crippen molar-refractivity contribution in [3.05, 3.63) is 30.0 Å². The number of rotatable bonds is 1. The van der Waals surface area contributed by atoms with Crippen molar-refractivity contribution in [1.82, 2.24) is 20.2 Å². The molecule has 2 aromatic heterocycles. The van der Waals surface area contributed by atoms with Crippen LogP contribution < -0.4 is 0 Å². The molecule has 0 aliphatic heterocycles. The molecule has 0 fully saturated rings. The molecule has 1 aromatic carbocycles. The number of hydrogen-bond acceptors (Lipinski definition) is 4. The molecule has 0 unspecified atom stereocenters.